The number of rotatable bonds is 2. The highest BCUT2D eigenvalue weighted by Gasteiger charge is 2.33. The van der Waals surface area contributed by atoms with Crippen molar-refractivity contribution in [3.63, 3.8) is 0 Å². The fourth-order valence-electron chi connectivity index (χ4n) is 0.976. The second kappa shape index (κ2) is 4.35. The molecule has 0 aliphatic heterocycles. The first-order valence-electron chi connectivity index (χ1n) is 3.88. The molecule has 0 radical (unpaired) electrons. The summed E-state index contributed by atoms with van der Waals surface area (Å²) in [6, 6.07) is 1.65. The maximum absolute atomic E-state index is 12.0. The van der Waals surface area contributed by atoms with Gasteiger partial charge in [-0.1, -0.05) is 0 Å². The van der Waals surface area contributed by atoms with E-state index in [4.69, 9.17) is 10.9 Å². The molecule has 0 atom stereocenters. The van der Waals surface area contributed by atoms with Crippen LogP contribution in [-0.4, -0.2) is 14.8 Å². The number of halogens is 4. The van der Waals surface area contributed by atoms with E-state index in [1.165, 1.54) is 0 Å². The van der Waals surface area contributed by atoms with E-state index in [1.54, 1.807) is 0 Å². The van der Waals surface area contributed by atoms with Crippen molar-refractivity contribution < 1.29 is 26.3 Å². The van der Waals surface area contributed by atoms with E-state index in [2.05, 4.69) is 20.7 Å². The summed E-state index contributed by atoms with van der Waals surface area (Å²) in [4.78, 5) is -0.420. The zero-order chi connectivity index (χ0) is 13.4. The Labute approximate surface area is 103 Å². The van der Waals surface area contributed by atoms with Gasteiger partial charge in [-0.15, -0.1) is 13.2 Å². The standard InChI is InChI=1S/C7H6BrF3N2O3S/c8-4-1-3(17(13,14)15)2-5(12)6(4)16-7(9,10)11/h1-2H,12H2,(H2,13,14,15). The largest absolute Gasteiger partial charge is 0.573 e. The average Bonchev–Trinajstić information content (AvgIpc) is 2.07. The van der Waals surface area contributed by atoms with Gasteiger partial charge in [-0.3, -0.25) is 0 Å². The number of nitrogens with two attached hydrogens (primary N) is 2. The zero-order valence-electron chi connectivity index (χ0n) is 7.95. The van der Waals surface area contributed by atoms with Crippen LogP contribution in [0.3, 0.4) is 0 Å². The van der Waals surface area contributed by atoms with Crippen molar-refractivity contribution in [2.45, 2.75) is 11.3 Å². The lowest BCUT2D eigenvalue weighted by Crippen LogP contribution is -2.19. The van der Waals surface area contributed by atoms with Crippen molar-refractivity contribution >= 4 is 31.6 Å². The Bertz CT molecular complexity index is 521. The van der Waals surface area contributed by atoms with E-state index in [0.29, 0.717) is 0 Å². The topological polar surface area (TPSA) is 95.4 Å². The highest BCUT2D eigenvalue weighted by Crippen LogP contribution is 2.37. The molecule has 5 nitrogen and oxygen atoms in total. The van der Waals surface area contributed by atoms with Crippen molar-refractivity contribution in [2.75, 3.05) is 5.73 Å². The van der Waals surface area contributed by atoms with Crippen LogP contribution in [0.2, 0.25) is 0 Å². The SMILES string of the molecule is Nc1cc(S(N)(=O)=O)cc(Br)c1OC(F)(F)F. The molecule has 0 aromatic heterocycles. The quantitative estimate of drug-likeness (QED) is 0.802. The summed E-state index contributed by atoms with van der Waals surface area (Å²) in [5.41, 5.74) is 4.75. The summed E-state index contributed by atoms with van der Waals surface area (Å²) in [6.07, 6.45) is -4.93. The van der Waals surface area contributed by atoms with Gasteiger partial charge in [0.1, 0.15) is 0 Å². The molecule has 4 N–H and O–H groups in total. The molecule has 10 heteroatoms. The molecule has 0 fully saturated rings. The molecule has 0 aliphatic carbocycles. The monoisotopic (exact) mass is 334 g/mol. The predicted molar refractivity (Wildman–Crippen MR) is 56.6 cm³/mol. The normalized spacial score (nSPS) is 12.5. The van der Waals surface area contributed by atoms with Crippen molar-refractivity contribution in [1.82, 2.24) is 0 Å². The number of anilines is 1. The average molecular weight is 335 g/mol. The maximum atomic E-state index is 12.0. The minimum absolute atomic E-state index is 0.265. The summed E-state index contributed by atoms with van der Waals surface area (Å²) < 4.78 is 61.3. The van der Waals surface area contributed by atoms with Gasteiger partial charge in [0.05, 0.1) is 15.1 Å². The van der Waals surface area contributed by atoms with Gasteiger partial charge < -0.3 is 10.5 Å². The van der Waals surface area contributed by atoms with Gasteiger partial charge in [0.2, 0.25) is 10.0 Å². The summed E-state index contributed by atoms with van der Waals surface area (Å²) >= 11 is 2.72. The smallest absolute Gasteiger partial charge is 0.402 e. The van der Waals surface area contributed by atoms with E-state index >= 15 is 0 Å². The minimum Gasteiger partial charge on any atom is -0.402 e. The number of ether oxygens (including phenoxy) is 1. The molecule has 0 saturated carbocycles. The Morgan fingerprint density at radius 2 is 1.82 bits per heavy atom. The molecule has 0 saturated heterocycles. The molecular formula is C7H6BrF3N2O3S. The molecule has 1 rings (SSSR count). The van der Waals surface area contributed by atoms with Crippen LogP contribution in [-0.2, 0) is 10.0 Å². The molecule has 0 heterocycles. The molecule has 0 unspecified atom stereocenters. The van der Waals surface area contributed by atoms with E-state index in [0.717, 1.165) is 12.1 Å². The van der Waals surface area contributed by atoms with Crippen LogP contribution < -0.4 is 15.6 Å². The fourth-order valence-corrected chi connectivity index (χ4v) is 2.26. The first kappa shape index (κ1) is 14.1. The number of benzene rings is 1. The molecular weight excluding hydrogens is 329 g/mol. The molecule has 0 amide bonds. The summed E-state index contributed by atoms with van der Waals surface area (Å²) in [6.45, 7) is 0. The third-order valence-corrected chi connectivity index (χ3v) is 3.07. The lowest BCUT2D eigenvalue weighted by molar-refractivity contribution is -0.274. The Morgan fingerprint density at radius 1 is 1.29 bits per heavy atom. The van der Waals surface area contributed by atoms with Gasteiger partial charge in [-0.05, 0) is 28.1 Å². The predicted octanol–water partition coefficient (Wildman–Crippen LogP) is 1.58. The Hall–Kier alpha value is -1.00. The van der Waals surface area contributed by atoms with Gasteiger partial charge in [0.25, 0.3) is 0 Å². The van der Waals surface area contributed by atoms with Gasteiger partial charge in [-0.25, -0.2) is 13.6 Å². The van der Waals surface area contributed by atoms with Gasteiger partial charge in [0, 0.05) is 0 Å². The first-order chi connectivity index (χ1) is 7.50. The zero-order valence-corrected chi connectivity index (χ0v) is 10.4. The lowest BCUT2D eigenvalue weighted by Gasteiger charge is -2.13. The van der Waals surface area contributed by atoms with Crippen molar-refractivity contribution in [3.8, 4) is 5.75 Å². The second-order valence-electron chi connectivity index (χ2n) is 2.92. The number of alkyl halides is 3. The van der Waals surface area contributed by atoms with Crippen molar-refractivity contribution in [1.29, 1.82) is 0 Å². The van der Waals surface area contributed by atoms with Crippen LogP contribution in [0, 0.1) is 0 Å². The summed E-state index contributed by atoms with van der Waals surface area (Å²) in [5, 5.41) is 4.80. The van der Waals surface area contributed by atoms with Crippen molar-refractivity contribution in [3.05, 3.63) is 16.6 Å². The van der Waals surface area contributed by atoms with Crippen LogP contribution in [0.25, 0.3) is 0 Å². The van der Waals surface area contributed by atoms with E-state index in [1.807, 2.05) is 0 Å². The number of hydrogen-bond acceptors (Lipinski definition) is 4. The highest BCUT2D eigenvalue weighted by molar-refractivity contribution is 9.10. The maximum Gasteiger partial charge on any atom is 0.573 e. The van der Waals surface area contributed by atoms with Crippen LogP contribution in [0.5, 0.6) is 5.75 Å². The second-order valence-corrected chi connectivity index (χ2v) is 5.33. The van der Waals surface area contributed by atoms with Crippen LogP contribution in [0.15, 0.2) is 21.5 Å². The Kier molecular flexibility index (Phi) is 3.60. The minimum atomic E-state index is -4.93. The fraction of sp³-hybridized carbons (Fsp3) is 0.143. The van der Waals surface area contributed by atoms with Crippen LogP contribution in [0.1, 0.15) is 0 Å². The molecule has 1 aromatic rings. The summed E-state index contributed by atoms with van der Waals surface area (Å²) in [5.74, 6) is -0.718. The van der Waals surface area contributed by atoms with Crippen LogP contribution >= 0.6 is 15.9 Å². The number of nitrogen functional groups attached to an aromatic ring is 1. The van der Waals surface area contributed by atoms with Gasteiger partial charge >= 0.3 is 6.36 Å². The van der Waals surface area contributed by atoms with E-state index < -0.39 is 32.7 Å². The molecule has 17 heavy (non-hydrogen) atoms. The number of hydrogen-bond donors (Lipinski definition) is 2. The highest BCUT2D eigenvalue weighted by atomic mass is 79.9. The molecule has 0 spiro atoms. The van der Waals surface area contributed by atoms with Crippen molar-refractivity contribution in [2.24, 2.45) is 5.14 Å². The van der Waals surface area contributed by atoms with E-state index in [-0.39, 0.29) is 4.47 Å². The summed E-state index contributed by atoms with van der Waals surface area (Å²) in [7, 11) is -4.06. The first-order valence-corrected chi connectivity index (χ1v) is 6.22. The van der Waals surface area contributed by atoms with E-state index in [9.17, 15) is 21.6 Å². The number of sulfonamides is 1. The van der Waals surface area contributed by atoms with Crippen LogP contribution in [0.4, 0.5) is 18.9 Å². The lowest BCUT2D eigenvalue weighted by atomic mass is 10.3. The van der Waals surface area contributed by atoms with Gasteiger partial charge in [-0.2, -0.15) is 0 Å². The Balaban J connectivity index is 3.30. The molecule has 1 aromatic carbocycles. The Morgan fingerprint density at radius 3 is 2.18 bits per heavy atom. The third kappa shape index (κ3) is 3.75. The third-order valence-electron chi connectivity index (χ3n) is 1.59. The molecule has 0 aliphatic rings. The molecule has 0 bridgehead atoms. The van der Waals surface area contributed by atoms with Gasteiger partial charge in [0.15, 0.2) is 5.75 Å². The number of primary sulfonamides is 1. The molecule has 96 valence electrons.